The lowest BCUT2D eigenvalue weighted by molar-refractivity contribution is 0.645. The Morgan fingerprint density at radius 2 is 1.82 bits per heavy atom. The number of piperazine rings is 1. The summed E-state index contributed by atoms with van der Waals surface area (Å²) in [6.45, 7) is 7.30. The first-order valence-corrected chi connectivity index (χ1v) is 7.33. The zero-order valence-corrected chi connectivity index (χ0v) is 12.8. The lowest BCUT2D eigenvalue weighted by atomic mass is 10.1. The summed E-state index contributed by atoms with van der Waals surface area (Å²) in [5.41, 5.74) is 3.42. The molecule has 1 aliphatic heterocycles. The molecule has 6 heteroatoms. The van der Waals surface area contributed by atoms with Gasteiger partial charge in [-0.25, -0.2) is 4.98 Å². The number of hydrogen-bond acceptors (Lipinski definition) is 6. The average Bonchev–Trinajstić information content (AvgIpc) is 2.55. The van der Waals surface area contributed by atoms with E-state index in [1.807, 2.05) is 19.9 Å². The molecular formula is C16H18N6. The number of anilines is 2. The van der Waals surface area contributed by atoms with Crippen LogP contribution in [0.4, 0.5) is 11.5 Å². The van der Waals surface area contributed by atoms with E-state index < -0.39 is 0 Å². The molecule has 0 saturated carbocycles. The largest absolute Gasteiger partial charge is 0.367 e. The summed E-state index contributed by atoms with van der Waals surface area (Å²) >= 11 is 0. The molecule has 2 aromatic rings. The Morgan fingerprint density at radius 3 is 2.45 bits per heavy atom. The Balaban J connectivity index is 1.79. The van der Waals surface area contributed by atoms with Gasteiger partial charge < -0.3 is 9.80 Å². The van der Waals surface area contributed by atoms with Crippen LogP contribution in [0.2, 0.25) is 0 Å². The first kappa shape index (κ1) is 14.3. The minimum absolute atomic E-state index is 0.679. The highest BCUT2D eigenvalue weighted by Gasteiger charge is 2.21. The molecule has 0 aliphatic carbocycles. The summed E-state index contributed by atoms with van der Waals surface area (Å²) in [7, 11) is 0. The third-order valence-corrected chi connectivity index (χ3v) is 3.91. The Bertz CT molecular complexity index is 699. The molecule has 0 N–H and O–H groups in total. The van der Waals surface area contributed by atoms with Gasteiger partial charge >= 0.3 is 0 Å². The molecule has 1 aliphatic rings. The fourth-order valence-electron chi connectivity index (χ4n) is 2.83. The van der Waals surface area contributed by atoms with E-state index in [1.54, 1.807) is 18.6 Å². The lowest BCUT2D eigenvalue weighted by Crippen LogP contribution is -2.47. The molecule has 1 saturated heterocycles. The average molecular weight is 294 g/mol. The smallest absolute Gasteiger partial charge is 0.147 e. The monoisotopic (exact) mass is 294 g/mol. The van der Waals surface area contributed by atoms with Crippen molar-refractivity contribution in [3.8, 4) is 6.07 Å². The van der Waals surface area contributed by atoms with E-state index in [9.17, 15) is 5.26 Å². The van der Waals surface area contributed by atoms with Gasteiger partial charge in [-0.05, 0) is 19.9 Å². The lowest BCUT2D eigenvalue weighted by Gasteiger charge is -2.37. The quantitative estimate of drug-likeness (QED) is 0.839. The van der Waals surface area contributed by atoms with E-state index in [4.69, 9.17) is 0 Å². The Morgan fingerprint density at radius 1 is 1.09 bits per heavy atom. The van der Waals surface area contributed by atoms with Crippen LogP contribution in [0.3, 0.4) is 0 Å². The van der Waals surface area contributed by atoms with Gasteiger partial charge in [0.2, 0.25) is 0 Å². The van der Waals surface area contributed by atoms with Gasteiger partial charge in [-0.2, -0.15) is 5.26 Å². The van der Waals surface area contributed by atoms with E-state index in [0.29, 0.717) is 5.56 Å². The maximum atomic E-state index is 9.41. The molecule has 0 amide bonds. The molecule has 3 rings (SSSR count). The second-order valence-electron chi connectivity index (χ2n) is 5.39. The molecule has 0 spiro atoms. The molecular weight excluding hydrogens is 276 g/mol. The van der Waals surface area contributed by atoms with E-state index in [2.05, 4.69) is 30.8 Å². The third-order valence-electron chi connectivity index (χ3n) is 3.91. The predicted octanol–water partition coefficient (Wildman–Crippen LogP) is 1.69. The van der Waals surface area contributed by atoms with Crippen LogP contribution in [-0.4, -0.2) is 41.1 Å². The highest BCUT2D eigenvalue weighted by molar-refractivity contribution is 5.62. The summed E-state index contributed by atoms with van der Waals surface area (Å²) in [5, 5.41) is 9.41. The Labute approximate surface area is 130 Å². The Hall–Kier alpha value is -2.68. The van der Waals surface area contributed by atoms with Gasteiger partial charge in [0.05, 0.1) is 23.1 Å². The topological polar surface area (TPSA) is 68.9 Å². The molecule has 1 fully saturated rings. The van der Waals surface area contributed by atoms with Gasteiger partial charge in [0.1, 0.15) is 11.9 Å². The van der Waals surface area contributed by atoms with Crippen molar-refractivity contribution < 1.29 is 0 Å². The number of nitriles is 1. The van der Waals surface area contributed by atoms with Gasteiger partial charge in [0, 0.05) is 44.3 Å². The molecule has 6 nitrogen and oxygen atoms in total. The summed E-state index contributed by atoms with van der Waals surface area (Å²) in [6.07, 6.45) is 5.18. The van der Waals surface area contributed by atoms with Crippen LogP contribution in [-0.2, 0) is 0 Å². The standard InChI is InChI=1S/C16H18N6/c1-12-9-15(14(10-17)13(2)20-12)21-5-7-22(8-6-21)16-11-18-3-4-19-16/h3-4,9,11H,5-8H2,1-2H3. The predicted molar refractivity (Wildman–Crippen MR) is 84.9 cm³/mol. The highest BCUT2D eigenvalue weighted by atomic mass is 15.3. The molecule has 2 aromatic heterocycles. The van der Waals surface area contributed by atoms with E-state index >= 15 is 0 Å². The number of aromatic nitrogens is 3. The van der Waals surface area contributed by atoms with Crippen molar-refractivity contribution in [1.82, 2.24) is 15.0 Å². The van der Waals surface area contributed by atoms with Crippen LogP contribution in [0, 0.1) is 25.2 Å². The van der Waals surface area contributed by atoms with Gasteiger partial charge in [0.25, 0.3) is 0 Å². The van der Waals surface area contributed by atoms with Crippen molar-refractivity contribution in [2.75, 3.05) is 36.0 Å². The maximum Gasteiger partial charge on any atom is 0.147 e. The van der Waals surface area contributed by atoms with Crippen molar-refractivity contribution in [3.63, 3.8) is 0 Å². The maximum absolute atomic E-state index is 9.41. The van der Waals surface area contributed by atoms with Gasteiger partial charge in [-0.15, -0.1) is 0 Å². The second-order valence-corrected chi connectivity index (χ2v) is 5.39. The molecule has 0 bridgehead atoms. The first-order valence-electron chi connectivity index (χ1n) is 7.33. The van der Waals surface area contributed by atoms with Crippen LogP contribution in [0.25, 0.3) is 0 Å². The molecule has 0 atom stereocenters. The minimum Gasteiger partial charge on any atom is -0.367 e. The van der Waals surface area contributed by atoms with Crippen LogP contribution in [0.15, 0.2) is 24.7 Å². The minimum atomic E-state index is 0.679. The SMILES string of the molecule is Cc1cc(N2CCN(c3cnccn3)CC2)c(C#N)c(C)n1. The molecule has 0 unspecified atom stereocenters. The number of hydrogen-bond donors (Lipinski definition) is 0. The highest BCUT2D eigenvalue weighted by Crippen LogP contribution is 2.25. The van der Waals surface area contributed by atoms with E-state index in [0.717, 1.165) is 49.1 Å². The fourth-order valence-corrected chi connectivity index (χ4v) is 2.83. The van der Waals surface area contributed by atoms with Crippen molar-refractivity contribution in [3.05, 3.63) is 41.6 Å². The van der Waals surface area contributed by atoms with Crippen LogP contribution < -0.4 is 9.80 Å². The van der Waals surface area contributed by atoms with Crippen LogP contribution in [0.5, 0.6) is 0 Å². The normalized spacial score (nSPS) is 14.8. The zero-order chi connectivity index (χ0) is 15.5. The van der Waals surface area contributed by atoms with E-state index in [1.165, 1.54) is 0 Å². The Kier molecular flexibility index (Phi) is 3.88. The van der Waals surface area contributed by atoms with Crippen LogP contribution in [0.1, 0.15) is 17.0 Å². The molecule has 0 radical (unpaired) electrons. The first-order chi connectivity index (χ1) is 10.7. The van der Waals surface area contributed by atoms with Crippen molar-refractivity contribution >= 4 is 11.5 Å². The fraction of sp³-hybridized carbons (Fsp3) is 0.375. The van der Waals surface area contributed by atoms with Crippen LogP contribution >= 0.6 is 0 Å². The summed E-state index contributed by atoms with van der Waals surface area (Å²) in [4.78, 5) is 17.3. The summed E-state index contributed by atoms with van der Waals surface area (Å²) in [6, 6.07) is 4.29. The number of nitrogens with zero attached hydrogens (tertiary/aromatic N) is 6. The molecule has 112 valence electrons. The number of rotatable bonds is 2. The van der Waals surface area contributed by atoms with E-state index in [-0.39, 0.29) is 0 Å². The third kappa shape index (κ3) is 2.70. The van der Waals surface area contributed by atoms with Gasteiger partial charge in [0.15, 0.2) is 0 Å². The van der Waals surface area contributed by atoms with Crippen molar-refractivity contribution in [2.24, 2.45) is 0 Å². The summed E-state index contributed by atoms with van der Waals surface area (Å²) < 4.78 is 0. The summed E-state index contributed by atoms with van der Waals surface area (Å²) in [5.74, 6) is 0.907. The van der Waals surface area contributed by atoms with Gasteiger partial charge in [-0.1, -0.05) is 0 Å². The van der Waals surface area contributed by atoms with Crippen molar-refractivity contribution in [1.29, 1.82) is 5.26 Å². The zero-order valence-electron chi connectivity index (χ0n) is 12.8. The second kappa shape index (κ2) is 5.98. The molecule has 3 heterocycles. The van der Waals surface area contributed by atoms with Crippen molar-refractivity contribution in [2.45, 2.75) is 13.8 Å². The number of aryl methyl sites for hydroxylation is 2. The molecule has 0 aromatic carbocycles. The number of pyridine rings is 1. The van der Waals surface area contributed by atoms with Gasteiger partial charge in [-0.3, -0.25) is 9.97 Å². The molecule has 22 heavy (non-hydrogen) atoms.